The minimum atomic E-state index is -1.71. The van der Waals surface area contributed by atoms with E-state index in [0.717, 1.165) is 10.9 Å². The van der Waals surface area contributed by atoms with E-state index in [-0.39, 0.29) is 75.7 Å². The molecule has 5 rings (SSSR count). The molecule has 7 atom stereocenters. The van der Waals surface area contributed by atoms with Crippen molar-refractivity contribution in [3.05, 3.63) is 84.1 Å². The highest BCUT2D eigenvalue weighted by molar-refractivity contribution is 5.98. The first kappa shape index (κ1) is 60.8. The number of aromatic nitrogens is 3. The summed E-state index contributed by atoms with van der Waals surface area (Å²) in [6.07, 6.45) is 5.53. The third-order valence-corrected chi connectivity index (χ3v) is 12.7. The molecule has 1 saturated heterocycles. The van der Waals surface area contributed by atoms with Crippen LogP contribution in [0.3, 0.4) is 0 Å². The first-order valence-electron chi connectivity index (χ1n) is 25.6. The number of rotatable bonds is 31. The summed E-state index contributed by atoms with van der Waals surface area (Å²) >= 11 is 0. The van der Waals surface area contributed by atoms with Crippen molar-refractivity contribution in [2.75, 3.05) is 32.8 Å². The predicted octanol–water partition coefficient (Wildman–Crippen LogP) is -4.04. The molecule has 1 fully saturated rings. The van der Waals surface area contributed by atoms with Gasteiger partial charge >= 0.3 is 0 Å². The van der Waals surface area contributed by atoms with E-state index >= 15 is 0 Å². The summed E-state index contributed by atoms with van der Waals surface area (Å²) in [6.45, 7) is 1.70. The maximum atomic E-state index is 14.2. The number of carbonyl (C=O) groups excluding carboxylic acids is 10. The van der Waals surface area contributed by atoms with Crippen LogP contribution in [0, 0.1) is 5.92 Å². The molecule has 0 radical (unpaired) electrons. The molecule has 1 aliphatic heterocycles. The van der Waals surface area contributed by atoms with Gasteiger partial charge in [-0.1, -0.05) is 44.2 Å². The molecule has 426 valence electrons. The molecule has 0 spiro atoms. The van der Waals surface area contributed by atoms with Crippen LogP contribution in [-0.4, -0.2) is 171 Å². The topological polar surface area (TPSA) is 446 Å². The zero-order chi connectivity index (χ0) is 57.6. The van der Waals surface area contributed by atoms with Crippen molar-refractivity contribution in [1.29, 1.82) is 0 Å². The Labute approximate surface area is 454 Å². The second kappa shape index (κ2) is 30.0. The normalized spacial score (nSPS) is 15.2. The van der Waals surface area contributed by atoms with Crippen LogP contribution in [0.2, 0.25) is 0 Å². The highest BCUT2D eigenvalue weighted by Crippen LogP contribution is 2.22. The molecular formula is C51H70N16O12. The molecule has 0 saturated carbocycles. The Kier molecular flexibility index (Phi) is 23.1. The average Bonchev–Trinajstić information content (AvgIpc) is 4.27. The zero-order valence-corrected chi connectivity index (χ0v) is 43.8. The molecule has 10 amide bonds. The molecule has 79 heavy (non-hydrogen) atoms. The van der Waals surface area contributed by atoms with E-state index in [2.05, 4.69) is 62.5 Å². The van der Waals surface area contributed by atoms with E-state index in [1.807, 2.05) is 6.07 Å². The van der Waals surface area contributed by atoms with Gasteiger partial charge in [0.2, 0.25) is 59.6 Å². The number of aliphatic hydroxyl groups is 1. The van der Waals surface area contributed by atoms with E-state index in [4.69, 9.17) is 17.2 Å². The summed E-state index contributed by atoms with van der Waals surface area (Å²) in [5.41, 5.74) is 18.4. The standard InChI is InChI=1S/C51H70N16O12/c1-28(2)17-37(46(75)63-35(9-5-15-56-51(53)54)50(79)67-16-6-10-41(67)49(78)58-23-42(52)71)62-43(72)24-59-44(73)38(18-29-11-13-32(70)14-12-29)64-48(77)40(25-68)66-47(76)39(19-30-21-57-34-8-4-3-7-33(30)34)65-45(74)36(61-27-69)20-31-22-55-26-60-31/h3-4,7-8,11-14,21-22,26-28,35-41,57,68,70H,5-6,9-10,15-20,23-25H2,1-2H3,(H2,52,71)(H,55,60)(H,58,78)(H,59,73)(H,61,69)(H,62,72)(H,63,75)(H,64,77)(H,65,74)(H,66,76)(H4,53,54,56)/t35-,36-,37-,38-,39-,40-,41-/m0/s1. The minimum absolute atomic E-state index is 0.0219. The highest BCUT2D eigenvalue weighted by Gasteiger charge is 2.39. The number of nitrogens with two attached hydrogens (primary N) is 3. The number of fused-ring (bicyclic) bond motifs is 1. The predicted molar refractivity (Wildman–Crippen MR) is 285 cm³/mol. The largest absolute Gasteiger partial charge is 0.508 e. The number of aromatic amines is 2. The van der Waals surface area contributed by atoms with E-state index < -0.39 is 115 Å². The van der Waals surface area contributed by atoms with Gasteiger partial charge in [0.15, 0.2) is 5.96 Å². The molecule has 2 aromatic heterocycles. The Morgan fingerprint density at radius 2 is 1.43 bits per heavy atom. The summed E-state index contributed by atoms with van der Waals surface area (Å²) < 4.78 is 0. The maximum Gasteiger partial charge on any atom is 0.245 e. The van der Waals surface area contributed by atoms with Crippen molar-refractivity contribution in [2.24, 2.45) is 28.1 Å². The number of aliphatic imine (C=N–C) groups is 1. The number of aliphatic hydroxyl groups excluding tert-OH is 1. The van der Waals surface area contributed by atoms with Gasteiger partial charge in [-0.15, -0.1) is 0 Å². The summed E-state index contributed by atoms with van der Waals surface area (Å²) in [5, 5.41) is 41.5. The van der Waals surface area contributed by atoms with Crippen molar-refractivity contribution in [3.8, 4) is 5.75 Å². The van der Waals surface area contributed by atoms with E-state index in [1.165, 1.54) is 41.7 Å². The van der Waals surface area contributed by atoms with Crippen molar-refractivity contribution in [3.63, 3.8) is 0 Å². The lowest BCUT2D eigenvalue weighted by molar-refractivity contribution is -0.142. The Hall–Kier alpha value is -9.08. The van der Waals surface area contributed by atoms with Crippen LogP contribution in [0.5, 0.6) is 5.75 Å². The molecule has 3 heterocycles. The molecule has 28 heteroatoms. The van der Waals surface area contributed by atoms with Crippen LogP contribution in [0.4, 0.5) is 0 Å². The number of guanidine groups is 1. The van der Waals surface area contributed by atoms with Crippen LogP contribution < -0.4 is 59.7 Å². The lowest BCUT2D eigenvalue weighted by Crippen LogP contribution is -2.60. The van der Waals surface area contributed by atoms with Crippen LogP contribution in [0.15, 0.2) is 72.2 Å². The van der Waals surface area contributed by atoms with Gasteiger partial charge in [0, 0.05) is 61.3 Å². The number of phenolic OH excluding ortho intramolecular Hbond substituents is 1. The zero-order valence-electron chi connectivity index (χ0n) is 43.8. The van der Waals surface area contributed by atoms with Crippen LogP contribution >= 0.6 is 0 Å². The van der Waals surface area contributed by atoms with Crippen molar-refractivity contribution >= 4 is 76.4 Å². The number of amides is 10. The number of H-pyrrole nitrogens is 2. The molecule has 2 aromatic carbocycles. The number of para-hydroxylation sites is 1. The summed E-state index contributed by atoms with van der Waals surface area (Å²) in [4.78, 5) is 149. The number of benzene rings is 2. The van der Waals surface area contributed by atoms with Crippen LogP contribution in [0.1, 0.15) is 62.8 Å². The Bertz CT molecular complexity index is 2780. The third-order valence-electron chi connectivity index (χ3n) is 12.7. The van der Waals surface area contributed by atoms with Gasteiger partial charge in [-0.25, -0.2) is 4.98 Å². The molecule has 1 aliphatic rings. The molecule has 4 aromatic rings. The maximum absolute atomic E-state index is 14.2. The Morgan fingerprint density at radius 3 is 2.09 bits per heavy atom. The lowest BCUT2D eigenvalue weighted by atomic mass is 10.0. The van der Waals surface area contributed by atoms with Gasteiger partial charge < -0.3 is 84.8 Å². The number of hydrogen-bond acceptors (Lipinski definition) is 14. The van der Waals surface area contributed by atoms with Crippen molar-refractivity contribution in [2.45, 2.75) is 108 Å². The van der Waals surface area contributed by atoms with E-state index in [9.17, 15) is 58.2 Å². The van der Waals surface area contributed by atoms with Gasteiger partial charge in [0.1, 0.15) is 48.0 Å². The fourth-order valence-corrected chi connectivity index (χ4v) is 8.81. The second-order valence-corrected chi connectivity index (χ2v) is 19.3. The fraction of sp³-hybridized carbons (Fsp3) is 0.451. The number of carbonyl (C=O) groups is 10. The summed E-state index contributed by atoms with van der Waals surface area (Å²) in [6, 6.07) is 3.68. The van der Waals surface area contributed by atoms with Crippen LogP contribution in [-0.2, 0) is 67.2 Å². The smallest absolute Gasteiger partial charge is 0.245 e. The summed E-state index contributed by atoms with van der Waals surface area (Å²) in [7, 11) is 0. The molecule has 0 unspecified atom stereocenters. The Balaban J connectivity index is 1.30. The molecule has 0 bridgehead atoms. The molecule has 0 aliphatic carbocycles. The van der Waals surface area contributed by atoms with Gasteiger partial charge in [0.25, 0.3) is 0 Å². The second-order valence-electron chi connectivity index (χ2n) is 19.3. The van der Waals surface area contributed by atoms with Gasteiger partial charge in [0.05, 0.1) is 26.0 Å². The van der Waals surface area contributed by atoms with E-state index in [1.54, 1.807) is 38.2 Å². The number of aromatic hydroxyl groups is 1. The molecular weight excluding hydrogens is 1030 g/mol. The number of imidazole rings is 1. The Morgan fingerprint density at radius 1 is 0.772 bits per heavy atom. The van der Waals surface area contributed by atoms with E-state index in [0.29, 0.717) is 29.7 Å². The minimum Gasteiger partial charge on any atom is -0.508 e. The fourth-order valence-electron chi connectivity index (χ4n) is 8.81. The van der Waals surface area contributed by atoms with Crippen molar-refractivity contribution < 1.29 is 58.2 Å². The molecule has 18 N–H and O–H groups in total. The average molecular weight is 1100 g/mol. The number of phenols is 1. The number of primary amides is 1. The van der Waals surface area contributed by atoms with Gasteiger partial charge in [-0.05, 0) is 67.3 Å². The SMILES string of the molecule is CC(C)C[C@H](NC(=O)CNC(=O)[C@H](Cc1ccc(O)cc1)NC(=O)[C@H](CO)NC(=O)[C@H](Cc1c[nH]c2ccccc12)NC(=O)[C@H](Cc1cnc[nH]1)NC=O)C(=O)N[C@@H](CCCN=C(N)N)C(=O)N1CCC[C@H]1C(=O)NCC(N)=O. The summed E-state index contributed by atoms with van der Waals surface area (Å²) in [5.74, 6) is -7.67. The number of nitrogens with one attached hydrogen (secondary N) is 10. The number of hydrogen-bond donors (Lipinski definition) is 15. The quantitative estimate of drug-likeness (QED) is 0.00988. The van der Waals surface area contributed by atoms with Crippen molar-refractivity contribution in [1.82, 2.24) is 62.4 Å². The molecule has 28 nitrogen and oxygen atoms in total. The first-order chi connectivity index (χ1) is 37.8. The third kappa shape index (κ3) is 18.9. The van der Waals surface area contributed by atoms with Gasteiger partial charge in [-0.3, -0.25) is 52.9 Å². The van der Waals surface area contributed by atoms with Crippen LogP contribution in [0.25, 0.3) is 10.9 Å². The number of likely N-dealkylation sites (tertiary alicyclic amines) is 1. The van der Waals surface area contributed by atoms with Gasteiger partial charge in [-0.2, -0.15) is 0 Å². The first-order valence-corrected chi connectivity index (χ1v) is 25.6. The monoisotopic (exact) mass is 1100 g/mol. The lowest BCUT2D eigenvalue weighted by Gasteiger charge is -2.30. The highest BCUT2D eigenvalue weighted by atomic mass is 16.3. The number of nitrogens with zero attached hydrogens (tertiary/aromatic N) is 3.